The molecule has 5 rings (SSSR count). The van der Waals surface area contributed by atoms with Crippen LogP contribution < -0.4 is 15.5 Å². The van der Waals surface area contributed by atoms with Crippen LogP contribution in [0.1, 0.15) is 63.2 Å². The molecular formula is C34H46N6O3. The van der Waals surface area contributed by atoms with Crippen LogP contribution in [0.4, 0.5) is 10.6 Å². The number of likely N-dealkylation sites (N-methyl/N-ethyl adjacent to an activating group) is 1. The Morgan fingerprint density at radius 3 is 2.30 bits per heavy atom. The molecule has 3 heterocycles. The van der Waals surface area contributed by atoms with Gasteiger partial charge in [0, 0.05) is 49.4 Å². The number of nitrogens with zero attached hydrogens (tertiary/aromatic N) is 4. The largest absolute Gasteiger partial charge is 0.444 e. The first-order valence-electron chi connectivity index (χ1n) is 15.6. The lowest BCUT2D eigenvalue weighted by Crippen LogP contribution is -2.37. The van der Waals surface area contributed by atoms with Crippen molar-refractivity contribution in [3.63, 3.8) is 0 Å². The highest BCUT2D eigenvalue weighted by Gasteiger charge is 2.26. The van der Waals surface area contributed by atoms with Gasteiger partial charge in [-0.25, -0.2) is 14.8 Å². The first-order valence-corrected chi connectivity index (χ1v) is 15.6. The van der Waals surface area contributed by atoms with Crippen molar-refractivity contribution in [1.82, 2.24) is 25.5 Å². The molecule has 1 saturated carbocycles. The number of nitrogens with one attached hydrogen (secondary N) is 2. The van der Waals surface area contributed by atoms with Gasteiger partial charge in [-0.1, -0.05) is 18.2 Å². The van der Waals surface area contributed by atoms with Crippen LogP contribution in [0.3, 0.4) is 0 Å². The maximum Gasteiger partial charge on any atom is 0.407 e. The molecule has 2 aromatic heterocycles. The van der Waals surface area contributed by atoms with Crippen molar-refractivity contribution in [1.29, 1.82) is 0 Å². The number of hydrogen-bond acceptors (Lipinski definition) is 7. The smallest absolute Gasteiger partial charge is 0.407 e. The molecule has 9 nitrogen and oxygen atoms in total. The lowest BCUT2D eigenvalue weighted by molar-refractivity contribution is 0.0512. The molecular weight excluding hydrogens is 540 g/mol. The lowest BCUT2D eigenvalue weighted by Gasteiger charge is -2.29. The van der Waals surface area contributed by atoms with Gasteiger partial charge >= 0.3 is 6.09 Å². The summed E-state index contributed by atoms with van der Waals surface area (Å²) in [6, 6.07) is 14.4. The maximum absolute atomic E-state index is 13.5. The number of carbonyl (C=O) groups is 2. The number of ether oxygens (including phenoxy) is 1. The van der Waals surface area contributed by atoms with E-state index in [2.05, 4.69) is 46.7 Å². The van der Waals surface area contributed by atoms with E-state index in [4.69, 9.17) is 14.7 Å². The SMILES string of the molecule is CN(C)C1CCN(c2ccc(-c3cc(C(=O)NCC4CCC(CNC(=O)OC(C)(C)C)CC4)c4ccccc4n3)cn2)C1. The van der Waals surface area contributed by atoms with E-state index in [1.807, 2.05) is 57.3 Å². The fourth-order valence-corrected chi connectivity index (χ4v) is 6.12. The lowest BCUT2D eigenvalue weighted by atomic mass is 9.82. The third kappa shape index (κ3) is 8.02. The van der Waals surface area contributed by atoms with E-state index < -0.39 is 5.60 Å². The van der Waals surface area contributed by atoms with Crippen LogP contribution in [0, 0.1) is 11.8 Å². The summed E-state index contributed by atoms with van der Waals surface area (Å²) in [5.74, 6) is 1.75. The van der Waals surface area contributed by atoms with E-state index in [1.165, 1.54) is 0 Å². The van der Waals surface area contributed by atoms with Gasteiger partial charge in [-0.3, -0.25) is 4.79 Å². The number of amides is 2. The van der Waals surface area contributed by atoms with Crippen molar-refractivity contribution in [2.45, 2.75) is 64.5 Å². The summed E-state index contributed by atoms with van der Waals surface area (Å²) in [5.41, 5.74) is 2.57. The van der Waals surface area contributed by atoms with E-state index in [1.54, 1.807) is 0 Å². The highest BCUT2D eigenvalue weighted by atomic mass is 16.6. The number of para-hydroxylation sites is 1. The quantitative estimate of drug-likeness (QED) is 0.360. The zero-order chi connectivity index (χ0) is 30.6. The number of benzene rings is 1. The summed E-state index contributed by atoms with van der Waals surface area (Å²) >= 11 is 0. The second kappa shape index (κ2) is 13.3. The molecule has 1 saturated heterocycles. The standard InChI is InChI=1S/C34H46N6O3/c1-34(2,3)43-33(42)37-20-24-12-10-23(11-13-24)19-36-32(41)28-18-30(38-29-9-7-6-8-27(28)29)25-14-15-31(35-21-25)40-17-16-26(22-40)39(4)5/h6-9,14-15,18,21,23-24,26H,10-13,16-17,19-20,22H2,1-5H3,(H,36,41)(H,37,42). The summed E-state index contributed by atoms with van der Waals surface area (Å²) in [4.78, 5) is 39.8. The number of rotatable bonds is 8. The summed E-state index contributed by atoms with van der Waals surface area (Å²) in [6.07, 6.45) is 6.73. The predicted octanol–water partition coefficient (Wildman–Crippen LogP) is 5.50. The predicted molar refractivity (Wildman–Crippen MR) is 171 cm³/mol. The molecule has 1 aromatic carbocycles. The van der Waals surface area contributed by atoms with Crippen LogP contribution >= 0.6 is 0 Å². The third-order valence-electron chi connectivity index (χ3n) is 8.67. The van der Waals surface area contributed by atoms with E-state index in [0.29, 0.717) is 36.5 Å². The molecule has 230 valence electrons. The minimum absolute atomic E-state index is 0.0788. The van der Waals surface area contributed by atoms with Crippen molar-refractivity contribution < 1.29 is 14.3 Å². The molecule has 0 radical (unpaired) electrons. The fraction of sp³-hybridized carbons (Fsp3) is 0.529. The zero-order valence-electron chi connectivity index (χ0n) is 26.2. The molecule has 3 aromatic rings. The molecule has 2 N–H and O–H groups in total. The Hall–Kier alpha value is -3.72. The van der Waals surface area contributed by atoms with Crippen molar-refractivity contribution in [3.05, 3.63) is 54.2 Å². The number of fused-ring (bicyclic) bond motifs is 1. The highest BCUT2D eigenvalue weighted by Crippen LogP contribution is 2.29. The van der Waals surface area contributed by atoms with E-state index in [-0.39, 0.29) is 12.0 Å². The normalized spacial score (nSPS) is 20.8. The van der Waals surface area contributed by atoms with Gasteiger partial charge in [0.1, 0.15) is 11.4 Å². The molecule has 9 heteroatoms. The second-order valence-corrected chi connectivity index (χ2v) is 13.3. The minimum Gasteiger partial charge on any atom is -0.444 e. The van der Waals surface area contributed by atoms with Crippen LogP contribution in [0.15, 0.2) is 48.7 Å². The summed E-state index contributed by atoms with van der Waals surface area (Å²) in [7, 11) is 4.26. The van der Waals surface area contributed by atoms with Crippen LogP contribution in [0.25, 0.3) is 22.2 Å². The molecule has 1 unspecified atom stereocenters. The number of alkyl carbamates (subject to hydrolysis) is 1. The number of hydrogen-bond donors (Lipinski definition) is 2. The van der Waals surface area contributed by atoms with Crippen molar-refractivity contribution in [2.24, 2.45) is 11.8 Å². The third-order valence-corrected chi connectivity index (χ3v) is 8.67. The Bertz CT molecular complexity index is 1410. The molecule has 1 aliphatic heterocycles. The average molecular weight is 587 g/mol. The number of aromatic nitrogens is 2. The average Bonchev–Trinajstić information content (AvgIpc) is 3.49. The first kappa shape index (κ1) is 30.7. The summed E-state index contributed by atoms with van der Waals surface area (Å²) in [5, 5.41) is 6.96. The zero-order valence-corrected chi connectivity index (χ0v) is 26.2. The van der Waals surface area contributed by atoms with Gasteiger partial charge in [-0.05, 0) is 103 Å². The van der Waals surface area contributed by atoms with Crippen molar-refractivity contribution >= 4 is 28.7 Å². The summed E-state index contributed by atoms with van der Waals surface area (Å²) < 4.78 is 5.35. The molecule has 2 amide bonds. The molecule has 1 aliphatic carbocycles. The van der Waals surface area contributed by atoms with Crippen molar-refractivity contribution in [2.75, 3.05) is 45.2 Å². The molecule has 2 fully saturated rings. The second-order valence-electron chi connectivity index (χ2n) is 13.3. The Balaban J connectivity index is 1.19. The molecule has 43 heavy (non-hydrogen) atoms. The number of anilines is 1. The number of carbonyl (C=O) groups excluding carboxylic acids is 2. The van der Waals surface area contributed by atoms with E-state index in [0.717, 1.165) is 73.2 Å². The van der Waals surface area contributed by atoms with Crippen LogP contribution in [0.2, 0.25) is 0 Å². The van der Waals surface area contributed by atoms with E-state index >= 15 is 0 Å². The van der Waals surface area contributed by atoms with Crippen LogP contribution in [-0.2, 0) is 4.74 Å². The van der Waals surface area contributed by atoms with Gasteiger partial charge in [0.25, 0.3) is 5.91 Å². The maximum atomic E-state index is 13.5. The molecule has 2 aliphatic rings. The van der Waals surface area contributed by atoms with E-state index in [9.17, 15) is 9.59 Å². The Morgan fingerprint density at radius 2 is 1.67 bits per heavy atom. The van der Waals surface area contributed by atoms with Gasteiger partial charge in [0.15, 0.2) is 0 Å². The van der Waals surface area contributed by atoms with Gasteiger partial charge in [0.2, 0.25) is 0 Å². The topological polar surface area (TPSA) is 99.7 Å². The fourth-order valence-electron chi connectivity index (χ4n) is 6.12. The Kier molecular flexibility index (Phi) is 9.49. The van der Waals surface area contributed by atoms with Gasteiger partial charge in [-0.2, -0.15) is 0 Å². The monoisotopic (exact) mass is 586 g/mol. The van der Waals surface area contributed by atoms with Gasteiger partial charge in [-0.15, -0.1) is 0 Å². The highest BCUT2D eigenvalue weighted by molar-refractivity contribution is 6.07. The number of pyridine rings is 2. The van der Waals surface area contributed by atoms with Gasteiger partial charge < -0.3 is 25.2 Å². The molecule has 1 atom stereocenters. The van der Waals surface area contributed by atoms with Gasteiger partial charge in [0.05, 0.1) is 16.8 Å². The van der Waals surface area contributed by atoms with Crippen molar-refractivity contribution in [3.8, 4) is 11.3 Å². The summed E-state index contributed by atoms with van der Waals surface area (Å²) in [6.45, 7) is 8.84. The van der Waals surface area contributed by atoms with Crippen LogP contribution in [0.5, 0.6) is 0 Å². The Morgan fingerprint density at radius 1 is 0.977 bits per heavy atom. The Labute approximate surface area is 255 Å². The van der Waals surface area contributed by atoms with Crippen LogP contribution in [-0.4, -0.2) is 78.8 Å². The molecule has 0 bridgehead atoms. The minimum atomic E-state index is -0.494. The first-order chi connectivity index (χ1) is 20.6. The molecule has 0 spiro atoms.